The molecule has 0 amide bonds. The minimum atomic E-state index is 0.912. The molecule has 0 aliphatic heterocycles. The van der Waals surface area contributed by atoms with Gasteiger partial charge in [-0.3, -0.25) is 0 Å². The van der Waals surface area contributed by atoms with Crippen LogP contribution in [0.5, 0.6) is 0 Å². The van der Waals surface area contributed by atoms with Gasteiger partial charge in [-0.25, -0.2) is 4.98 Å². The van der Waals surface area contributed by atoms with E-state index in [9.17, 15) is 0 Å². The first-order chi connectivity index (χ1) is 7.77. The van der Waals surface area contributed by atoms with Crippen LogP contribution < -0.4 is 5.32 Å². The van der Waals surface area contributed by atoms with Crippen molar-refractivity contribution in [2.75, 3.05) is 11.9 Å². The monoisotopic (exact) mass is 215 g/mol. The highest BCUT2D eigenvalue weighted by Crippen LogP contribution is 2.08. The van der Waals surface area contributed by atoms with Gasteiger partial charge in [0.2, 0.25) is 5.95 Å². The Labute approximate surface area is 96.1 Å². The van der Waals surface area contributed by atoms with E-state index in [1.54, 1.807) is 6.20 Å². The van der Waals surface area contributed by atoms with E-state index in [-0.39, 0.29) is 0 Å². The van der Waals surface area contributed by atoms with Crippen molar-refractivity contribution in [1.29, 1.82) is 0 Å². The number of anilines is 1. The lowest BCUT2D eigenvalue weighted by molar-refractivity contribution is 0.888. The number of hydrogen-bond donors (Lipinski definition) is 1. The summed E-state index contributed by atoms with van der Waals surface area (Å²) in [5.41, 5.74) is 2.74. The number of hydrogen-bond acceptors (Lipinski definition) is 2. The maximum Gasteiger partial charge on any atom is 0.202 e. The molecule has 0 radical (unpaired) electrons. The van der Waals surface area contributed by atoms with Gasteiger partial charge in [0.1, 0.15) is 0 Å². The van der Waals surface area contributed by atoms with E-state index in [4.69, 9.17) is 0 Å². The third-order valence-corrected chi connectivity index (χ3v) is 2.76. The molecule has 0 unspecified atom stereocenters. The number of rotatable bonds is 4. The van der Waals surface area contributed by atoms with Crippen LogP contribution in [-0.4, -0.2) is 16.1 Å². The fraction of sp³-hybridized carbons (Fsp3) is 0.308. The zero-order valence-corrected chi connectivity index (χ0v) is 9.77. The van der Waals surface area contributed by atoms with Crippen molar-refractivity contribution in [1.82, 2.24) is 9.55 Å². The standard InChI is InChI=1S/C13H17N3/c1-11-5-3-4-6-12(11)7-8-14-13-15-9-10-16(13)2/h3-6,9-10H,7-8H2,1-2H3,(H,14,15). The highest BCUT2D eigenvalue weighted by atomic mass is 15.2. The Hall–Kier alpha value is -1.77. The highest BCUT2D eigenvalue weighted by Gasteiger charge is 1.99. The fourth-order valence-electron chi connectivity index (χ4n) is 1.74. The molecule has 1 heterocycles. The lowest BCUT2D eigenvalue weighted by atomic mass is 10.1. The van der Waals surface area contributed by atoms with Crippen molar-refractivity contribution in [3.05, 3.63) is 47.8 Å². The fourth-order valence-corrected chi connectivity index (χ4v) is 1.74. The van der Waals surface area contributed by atoms with E-state index in [0.717, 1.165) is 18.9 Å². The van der Waals surface area contributed by atoms with Crippen LogP contribution in [0.2, 0.25) is 0 Å². The summed E-state index contributed by atoms with van der Waals surface area (Å²) in [6.07, 6.45) is 4.77. The first-order valence-corrected chi connectivity index (χ1v) is 5.53. The summed E-state index contributed by atoms with van der Waals surface area (Å²) in [7, 11) is 1.99. The predicted molar refractivity (Wildman–Crippen MR) is 66.6 cm³/mol. The molecule has 0 aliphatic rings. The molecule has 16 heavy (non-hydrogen) atoms. The smallest absolute Gasteiger partial charge is 0.202 e. The normalized spacial score (nSPS) is 10.4. The Morgan fingerprint density at radius 2 is 2.12 bits per heavy atom. The van der Waals surface area contributed by atoms with E-state index in [1.165, 1.54) is 11.1 Å². The molecule has 2 aromatic rings. The van der Waals surface area contributed by atoms with Crippen LogP contribution in [0.25, 0.3) is 0 Å². The van der Waals surface area contributed by atoms with Crippen LogP contribution in [0.1, 0.15) is 11.1 Å². The Balaban J connectivity index is 1.89. The molecular weight excluding hydrogens is 198 g/mol. The third kappa shape index (κ3) is 2.42. The van der Waals surface area contributed by atoms with Crippen LogP contribution in [-0.2, 0) is 13.5 Å². The van der Waals surface area contributed by atoms with Gasteiger partial charge >= 0.3 is 0 Å². The number of aromatic nitrogens is 2. The molecule has 0 atom stereocenters. The second-order valence-corrected chi connectivity index (χ2v) is 3.97. The highest BCUT2D eigenvalue weighted by molar-refractivity contribution is 5.29. The molecular formula is C13H17N3. The lowest BCUT2D eigenvalue weighted by Gasteiger charge is -2.07. The molecule has 0 saturated heterocycles. The Kier molecular flexibility index (Phi) is 3.25. The lowest BCUT2D eigenvalue weighted by Crippen LogP contribution is -2.09. The van der Waals surface area contributed by atoms with E-state index in [1.807, 2.05) is 17.8 Å². The molecule has 0 aliphatic carbocycles. The summed E-state index contributed by atoms with van der Waals surface area (Å²) in [5, 5.41) is 3.32. The summed E-state index contributed by atoms with van der Waals surface area (Å²) in [4.78, 5) is 4.22. The molecule has 0 spiro atoms. The van der Waals surface area contributed by atoms with Crippen molar-refractivity contribution in [3.63, 3.8) is 0 Å². The zero-order valence-electron chi connectivity index (χ0n) is 9.77. The van der Waals surface area contributed by atoms with Crippen LogP contribution in [0.15, 0.2) is 36.7 Å². The van der Waals surface area contributed by atoms with Crippen molar-refractivity contribution >= 4 is 5.95 Å². The number of imidazole rings is 1. The van der Waals surface area contributed by atoms with Crippen LogP contribution >= 0.6 is 0 Å². The van der Waals surface area contributed by atoms with Crippen molar-refractivity contribution < 1.29 is 0 Å². The van der Waals surface area contributed by atoms with Crippen molar-refractivity contribution in [2.24, 2.45) is 7.05 Å². The largest absolute Gasteiger partial charge is 0.355 e. The van der Waals surface area contributed by atoms with Crippen LogP contribution in [0.4, 0.5) is 5.95 Å². The summed E-state index contributed by atoms with van der Waals surface area (Å²) < 4.78 is 1.98. The van der Waals surface area contributed by atoms with Crippen molar-refractivity contribution in [2.45, 2.75) is 13.3 Å². The molecule has 2 rings (SSSR count). The van der Waals surface area contributed by atoms with Gasteiger partial charge in [-0.15, -0.1) is 0 Å². The molecule has 3 nitrogen and oxygen atoms in total. The zero-order chi connectivity index (χ0) is 11.4. The molecule has 1 aromatic heterocycles. The van der Waals surface area contributed by atoms with Gasteiger partial charge in [-0.05, 0) is 24.5 Å². The Morgan fingerprint density at radius 1 is 1.31 bits per heavy atom. The molecule has 0 saturated carbocycles. The summed E-state index contributed by atoms with van der Waals surface area (Å²) in [6.45, 7) is 3.06. The van der Waals surface area contributed by atoms with E-state index in [2.05, 4.69) is 41.5 Å². The van der Waals surface area contributed by atoms with Gasteiger partial charge in [0.25, 0.3) is 0 Å². The van der Waals surface area contributed by atoms with E-state index in [0.29, 0.717) is 0 Å². The van der Waals surface area contributed by atoms with E-state index < -0.39 is 0 Å². The number of benzene rings is 1. The quantitative estimate of drug-likeness (QED) is 0.848. The number of aryl methyl sites for hydroxylation is 2. The van der Waals surface area contributed by atoms with Crippen LogP contribution in [0.3, 0.4) is 0 Å². The molecule has 1 aromatic carbocycles. The summed E-state index contributed by atoms with van der Waals surface area (Å²) >= 11 is 0. The maximum absolute atomic E-state index is 4.22. The van der Waals surface area contributed by atoms with Gasteiger partial charge < -0.3 is 9.88 Å². The number of nitrogens with one attached hydrogen (secondary N) is 1. The summed E-state index contributed by atoms with van der Waals surface area (Å²) in [6, 6.07) is 8.49. The third-order valence-electron chi connectivity index (χ3n) is 2.76. The molecule has 3 heteroatoms. The minimum Gasteiger partial charge on any atom is -0.355 e. The topological polar surface area (TPSA) is 29.9 Å². The van der Waals surface area contributed by atoms with E-state index >= 15 is 0 Å². The Morgan fingerprint density at radius 3 is 2.81 bits per heavy atom. The van der Waals surface area contributed by atoms with Crippen LogP contribution in [0, 0.1) is 6.92 Å². The van der Waals surface area contributed by atoms with Gasteiger partial charge in [0, 0.05) is 26.0 Å². The average molecular weight is 215 g/mol. The van der Waals surface area contributed by atoms with Gasteiger partial charge in [0.05, 0.1) is 0 Å². The van der Waals surface area contributed by atoms with Crippen molar-refractivity contribution in [3.8, 4) is 0 Å². The first kappa shape index (κ1) is 10.7. The van der Waals surface area contributed by atoms with Gasteiger partial charge in [0.15, 0.2) is 0 Å². The SMILES string of the molecule is Cc1ccccc1CCNc1nccn1C. The second-order valence-electron chi connectivity index (χ2n) is 3.97. The Bertz CT molecular complexity index is 460. The average Bonchev–Trinajstić information content (AvgIpc) is 2.67. The maximum atomic E-state index is 4.22. The second kappa shape index (κ2) is 4.84. The molecule has 84 valence electrons. The molecule has 0 fully saturated rings. The summed E-state index contributed by atoms with van der Waals surface area (Å²) in [5.74, 6) is 0.925. The predicted octanol–water partition coefficient (Wildman–Crippen LogP) is 2.38. The molecule has 0 bridgehead atoms. The molecule has 1 N–H and O–H groups in total. The van der Waals surface area contributed by atoms with Gasteiger partial charge in [-0.1, -0.05) is 24.3 Å². The minimum absolute atomic E-state index is 0.912. The number of nitrogens with zero attached hydrogens (tertiary/aromatic N) is 2. The first-order valence-electron chi connectivity index (χ1n) is 5.53. The van der Waals surface area contributed by atoms with Gasteiger partial charge in [-0.2, -0.15) is 0 Å².